The Balaban J connectivity index is 1.57. The zero-order valence-corrected chi connectivity index (χ0v) is 16.1. The molecule has 1 atom stereocenters. The SMILES string of the molecule is O=C(NCC(c1cccs1)n1cccn1)C(c1ccccc1)c1ccccc1. The highest BCUT2D eigenvalue weighted by atomic mass is 32.1. The van der Waals surface area contributed by atoms with Gasteiger partial charge in [0.2, 0.25) is 5.91 Å². The maximum Gasteiger partial charge on any atom is 0.232 e. The average Bonchev–Trinajstić information content (AvgIpc) is 3.45. The molecule has 0 bridgehead atoms. The number of rotatable bonds is 7. The van der Waals surface area contributed by atoms with Gasteiger partial charge in [-0.25, -0.2) is 0 Å². The third kappa shape index (κ3) is 4.05. The van der Waals surface area contributed by atoms with Crippen LogP contribution in [0, 0.1) is 0 Å². The molecule has 2 heterocycles. The number of amides is 1. The van der Waals surface area contributed by atoms with Gasteiger partial charge in [-0.05, 0) is 28.6 Å². The van der Waals surface area contributed by atoms with E-state index in [9.17, 15) is 4.79 Å². The van der Waals surface area contributed by atoms with Crippen molar-refractivity contribution in [3.05, 3.63) is 113 Å². The molecule has 0 aliphatic rings. The summed E-state index contributed by atoms with van der Waals surface area (Å²) in [5, 5.41) is 9.59. The second kappa shape index (κ2) is 8.67. The molecule has 1 amide bonds. The van der Waals surface area contributed by atoms with Crippen LogP contribution in [0.1, 0.15) is 28.0 Å². The Hall–Kier alpha value is -3.18. The van der Waals surface area contributed by atoms with Crippen molar-refractivity contribution in [3.63, 3.8) is 0 Å². The van der Waals surface area contributed by atoms with E-state index in [1.54, 1.807) is 17.5 Å². The molecule has 1 unspecified atom stereocenters. The number of hydrogen-bond donors (Lipinski definition) is 1. The molecule has 0 aliphatic carbocycles. The normalized spacial score (nSPS) is 12.0. The molecule has 0 saturated carbocycles. The smallest absolute Gasteiger partial charge is 0.232 e. The number of benzene rings is 2. The first-order valence-corrected chi connectivity index (χ1v) is 10.1. The highest BCUT2D eigenvalue weighted by molar-refractivity contribution is 7.10. The summed E-state index contributed by atoms with van der Waals surface area (Å²) in [6, 6.07) is 25.8. The van der Waals surface area contributed by atoms with Crippen LogP contribution in [0.25, 0.3) is 0 Å². The summed E-state index contributed by atoms with van der Waals surface area (Å²) in [4.78, 5) is 14.4. The molecule has 2 aromatic heterocycles. The molecule has 4 rings (SSSR count). The summed E-state index contributed by atoms with van der Waals surface area (Å²) in [5.41, 5.74) is 1.97. The molecule has 4 aromatic rings. The van der Waals surface area contributed by atoms with E-state index in [2.05, 4.69) is 16.5 Å². The van der Waals surface area contributed by atoms with Crippen molar-refractivity contribution < 1.29 is 4.79 Å². The molecule has 5 heteroatoms. The van der Waals surface area contributed by atoms with Gasteiger partial charge in [0.25, 0.3) is 0 Å². The quantitative estimate of drug-likeness (QED) is 0.508. The summed E-state index contributed by atoms with van der Waals surface area (Å²) in [7, 11) is 0. The fourth-order valence-electron chi connectivity index (χ4n) is 3.36. The zero-order valence-electron chi connectivity index (χ0n) is 15.3. The molecule has 0 radical (unpaired) electrons. The molecule has 28 heavy (non-hydrogen) atoms. The Kier molecular flexibility index (Phi) is 5.64. The van der Waals surface area contributed by atoms with E-state index in [4.69, 9.17) is 0 Å². The van der Waals surface area contributed by atoms with Gasteiger partial charge in [0.1, 0.15) is 6.04 Å². The Labute approximate surface area is 168 Å². The van der Waals surface area contributed by atoms with Crippen molar-refractivity contribution in [2.45, 2.75) is 12.0 Å². The largest absolute Gasteiger partial charge is 0.353 e. The van der Waals surface area contributed by atoms with Gasteiger partial charge in [-0.3, -0.25) is 9.48 Å². The van der Waals surface area contributed by atoms with Gasteiger partial charge in [0, 0.05) is 23.8 Å². The molecule has 140 valence electrons. The van der Waals surface area contributed by atoms with Gasteiger partial charge in [-0.2, -0.15) is 5.10 Å². The Morgan fingerprint density at radius 2 is 1.61 bits per heavy atom. The third-order valence-corrected chi connectivity index (χ3v) is 5.69. The van der Waals surface area contributed by atoms with Crippen LogP contribution >= 0.6 is 11.3 Å². The van der Waals surface area contributed by atoms with Gasteiger partial charge in [-0.1, -0.05) is 66.7 Å². The van der Waals surface area contributed by atoms with Gasteiger partial charge in [0.05, 0.1) is 5.92 Å². The fraction of sp³-hybridized carbons (Fsp3) is 0.130. The van der Waals surface area contributed by atoms with Crippen LogP contribution in [0.3, 0.4) is 0 Å². The van der Waals surface area contributed by atoms with E-state index in [1.165, 1.54) is 4.88 Å². The van der Waals surface area contributed by atoms with Crippen molar-refractivity contribution in [3.8, 4) is 0 Å². The van der Waals surface area contributed by atoms with Crippen molar-refractivity contribution in [1.29, 1.82) is 0 Å². The Morgan fingerprint density at radius 1 is 0.929 bits per heavy atom. The standard InChI is InChI=1S/C23H21N3OS/c27-23(22(18-9-3-1-4-10-18)19-11-5-2-6-12-19)24-17-20(21-13-7-16-28-21)26-15-8-14-25-26/h1-16,20,22H,17H2,(H,24,27). The lowest BCUT2D eigenvalue weighted by molar-refractivity contribution is -0.121. The monoisotopic (exact) mass is 387 g/mol. The van der Waals surface area contributed by atoms with Crippen LogP contribution in [0.4, 0.5) is 0 Å². The first-order valence-electron chi connectivity index (χ1n) is 9.23. The van der Waals surface area contributed by atoms with E-state index in [0.717, 1.165) is 11.1 Å². The second-order valence-corrected chi connectivity index (χ2v) is 7.50. The summed E-state index contributed by atoms with van der Waals surface area (Å²) in [5.74, 6) is -0.352. The minimum atomic E-state index is -0.344. The van der Waals surface area contributed by atoms with Crippen molar-refractivity contribution >= 4 is 17.2 Å². The molecular weight excluding hydrogens is 366 g/mol. The Bertz CT molecular complexity index is 909. The topological polar surface area (TPSA) is 46.9 Å². The lowest BCUT2D eigenvalue weighted by atomic mass is 9.90. The maximum absolute atomic E-state index is 13.3. The molecule has 0 aliphatic heterocycles. The first-order chi connectivity index (χ1) is 13.8. The van der Waals surface area contributed by atoms with Crippen LogP contribution in [0.5, 0.6) is 0 Å². The molecule has 2 aromatic carbocycles. The number of nitrogens with one attached hydrogen (secondary N) is 1. The lowest BCUT2D eigenvalue weighted by Crippen LogP contribution is -2.35. The van der Waals surface area contributed by atoms with Gasteiger partial charge >= 0.3 is 0 Å². The summed E-state index contributed by atoms with van der Waals surface area (Å²) < 4.78 is 1.89. The van der Waals surface area contributed by atoms with E-state index in [1.807, 2.05) is 89.1 Å². The van der Waals surface area contributed by atoms with E-state index >= 15 is 0 Å². The van der Waals surface area contributed by atoms with Crippen molar-refractivity contribution in [1.82, 2.24) is 15.1 Å². The molecular formula is C23H21N3OS. The third-order valence-electron chi connectivity index (χ3n) is 4.71. The fourth-order valence-corrected chi connectivity index (χ4v) is 4.18. The van der Waals surface area contributed by atoms with E-state index in [-0.39, 0.29) is 17.9 Å². The second-order valence-electron chi connectivity index (χ2n) is 6.52. The molecule has 4 nitrogen and oxygen atoms in total. The number of hydrogen-bond acceptors (Lipinski definition) is 3. The Morgan fingerprint density at radius 3 is 2.14 bits per heavy atom. The molecule has 0 spiro atoms. The highest BCUT2D eigenvalue weighted by Crippen LogP contribution is 2.26. The van der Waals surface area contributed by atoms with Gasteiger partial charge in [-0.15, -0.1) is 11.3 Å². The lowest BCUT2D eigenvalue weighted by Gasteiger charge is -2.21. The molecule has 1 N–H and O–H groups in total. The summed E-state index contributed by atoms with van der Waals surface area (Å²) in [6.07, 6.45) is 3.70. The van der Waals surface area contributed by atoms with Gasteiger partial charge < -0.3 is 5.32 Å². The maximum atomic E-state index is 13.3. The number of carbonyl (C=O) groups excluding carboxylic acids is 1. The highest BCUT2D eigenvalue weighted by Gasteiger charge is 2.24. The summed E-state index contributed by atoms with van der Waals surface area (Å²) in [6.45, 7) is 0.483. The van der Waals surface area contributed by atoms with Crippen molar-refractivity contribution in [2.75, 3.05) is 6.54 Å². The van der Waals surface area contributed by atoms with Crippen LogP contribution in [-0.2, 0) is 4.79 Å². The van der Waals surface area contributed by atoms with Crippen LogP contribution < -0.4 is 5.32 Å². The first kappa shape index (κ1) is 18.2. The number of thiophene rings is 1. The van der Waals surface area contributed by atoms with Gasteiger partial charge in [0.15, 0.2) is 0 Å². The van der Waals surface area contributed by atoms with E-state index < -0.39 is 0 Å². The predicted octanol–water partition coefficient (Wildman–Crippen LogP) is 4.48. The summed E-state index contributed by atoms with van der Waals surface area (Å²) >= 11 is 1.67. The predicted molar refractivity (Wildman–Crippen MR) is 112 cm³/mol. The van der Waals surface area contributed by atoms with Crippen molar-refractivity contribution in [2.24, 2.45) is 0 Å². The average molecular weight is 388 g/mol. The number of aromatic nitrogens is 2. The van der Waals surface area contributed by atoms with Crippen LogP contribution in [-0.4, -0.2) is 22.2 Å². The molecule has 0 fully saturated rings. The zero-order chi connectivity index (χ0) is 19.2. The molecule has 0 saturated heterocycles. The minimum absolute atomic E-state index is 0.00823. The number of nitrogens with zero attached hydrogens (tertiary/aromatic N) is 2. The minimum Gasteiger partial charge on any atom is -0.353 e. The van der Waals surface area contributed by atoms with Crippen LogP contribution in [0.2, 0.25) is 0 Å². The van der Waals surface area contributed by atoms with Crippen LogP contribution in [0.15, 0.2) is 96.6 Å². The number of carbonyl (C=O) groups is 1. The van der Waals surface area contributed by atoms with E-state index in [0.29, 0.717) is 6.54 Å².